The lowest BCUT2D eigenvalue weighted by atomic mass is 9.80. The SMILES string of the molecule is C1=CCCC(C2CCNCC2)CC1. The number of allylic oxidation sites excluding steroid dienone is 2. The Balaban J connectivity index is 1.83. The first-order valence-electron chi connectivity index (χ1n) is 5.82. The van der Waals surface area contributed by atoms with Gasteiger partial charge in [0.2, 0.25) is 0 Å². The Morgan fingerprint density at radius 1 is 0.769 bits per heavy atom. The standard InChI is InChI=1S/C12H21N/c1-2-4-6-11(5-3-1)12-7-9-13-10-8-12/h1-2,11-13H,3-10H2. The molecule has 2 aliphatic rings. The molecule has 1 N–H and O–H groups in total. The Bertz CT molecular complexity index is 158. The molecular weight excluding hydrogens is 158 g/mol. The van der Waals surface area contributed by atoms with Gasteiger partial charge in [0.1, 0.15) is 0 Å². The van der Waals surface area contributed by atoms with E-state index >= 15 is 0 Å². The molecule has 0 saturated carbocycles. The number of hydrogen-bond acceptors (Lipinski definition) is 1. The van der Waals surface area contributed by atoms with Crippen molar-refractivity contribution in [3.05, 3.63) is 12.2 Å². The second-order valence-electron chi connectivity index (χ2n) is 4.47. The normalized spacial score (nSPS) is 27.4. The van der Waals surface area contributed by atoms with Gasteiger partial charge in [-0.3, -0.25) is 0 Å². The van der Waals surface area contributed by atoms with Gasteiger partial charge in [-0.2, -0.15) is 0 Å². The second-order valence-corrected chi connectivity index (χ2v) is 4.47. The van der Waals surface area contributed by atoms with Gasteiger partial charge >= 0.3 is 0 Å². The van der Waals surface area contributed by atoms with Crippen molar-refractivity contribution in [3.8, 4) is 0 Å². The van der Waals surface area contributed by atoms with Crippen LogP contribution in [0.4, 0.5) is 0 Å². The zero-order chi connectivity index (χ0) is 8.93. The summed E-state index contributed by atoms with van der Waals surface area (Å²) in [4.78, 5) is 0. The Morgan fingerprint density at radius 2 is 1.31 bits per heavy atom. The molecule has 13 heavy (non-hydrogen) atoms. The molecular formula is C12H21N. The molecule has 0 aromatic heterocycles. The van der Waals surface area contributed by atoms with Crippen LogP contribution >= 0.6 is 0 Å². The summed E-state index contributed by atoms with van der Waals surface area (Å²) in [5.41, 5.74) is 0. The molecule has 1 aliphatic heterocycles. The predicted octanol–water partition coefficient (Wildman–Crippen LogP) is 2.73. The monoisotopic (exact) mass is 179 g/mol. The van der Waals surface area contributed by atoms with Gasteiger partial charge in [0.25, 0.3) is 0 Å². The van der Waals surface area contributed by atoms with Crippen LogP contribution in [0.3, 0.4) is 0 Å². The van der Waals surface area contributed by atoms with E-state index in [0.29, 0.717) is 0 Å². The van der Waals surface area contributed by atoms with Gasteiger partial charge < -0.3 is 5.32 Å². The summed E-state index contributed by atoms with van der Waals surface area (Å²) in [7, 11) is 0. The fraction of sp³-hybridized carbons (Fsp3) is 0.833. The lowest BCUT2D eigenvalue weighted by Gasteiger charge is -2.30. The van der Waals surface area contributed by atoms with E-state index in [0.717, 1.165) is 11.8 Å². The van der Waals surface area contributed by atoms with Crippen molar-refractivity contribution in [2.45, 2.75) is 38.5 Å². The van der Waals surface area contributed by atoms with E-state index in [1.807, 2.05) is 0 Å². The molecule has 0 radical (unpaired) electrons. The van der Waals surface area contributed by atoms with Crippen molar-refractivity contribution >= 4 is 0 Å². The maximum absolute atomic E-state index is 3.45. The third-order valence-corrected chi connectivity index (χ3v) is 3.63. The largest absolute Gasteiger partial charge is 0.317 e. The summed E-state index contributed by atoms with van der Waals surface area (Å²) in [5.74, 6) is 2.05. The molecule has 1 aliphatic carbocycles. The summed E-state index contributed by atoms with van der Waals surface area (Å²) in [6.07, 6.45) is 13.1. The van der Waals surface area contributed by atoms with Crippen LogP contribution in [0, 0.1) is 11.8 Å². The Kier molecular flexibility index (Phi) is 3.42. The highest BCUT2D eigenvalue weighted by molar-refractivity contribution is 4.89. The van der Waals surface area contributed by atoms with Gasteiger partial charge in [-0.1, -0.05) is 12.2 Å². The van der Waals surface area contributed by atoms with E-state index in [9.17, 15) is 0 Å². The van der Waals surface area contributed by atoms with Crippen LogP contribution in [-0.4, -0.2) is 13.1 Å². The fourth-order valence-electron chi connectivity index (χ4n) is 2.79. The average molecular weight is 179 g/mol. The van der Waals surface area contributed by atoms with Gasteiger partial charge in [0, 0.05) is 0 Å². The lowest BCUT2D eigenvalue weighted by Crippen LogP contribution is -2.31. The van der Waals surface area contributed by atoms with Gasteiger partial charge in [0.15, 0.2) is 0 Å². The maximum Gasteiger partial charge on any atom is -0.00462 e. The minimum atomic E-state index is 1.03. The predicted molar refractivity (Wildman–Crippen MR) is 56.7 cm³/mol. The quantitative estimate of drug-likeness (QED) is 0.610. The number of hydrogen-bond donors (Lipinski definition) is 1. The molecule has 2 rings (SSSR count). The van der Waals surface area contributed by atoms with E-state index in [-0.39, 0.29) is 0 Å². The minimum absolute atomic E-state index is 1.03. The highest BCUT2D eigenvalue weighted by Crippen LogP contribution is 2.31. The molecule has 1 saturated heterocycles. The minimum Gasteiger partial charge on any atom is -0.317 e. The zero-order valence-electron chi connectivity index (χ0n) is 8.47. The lowest BCUT2D eigenvalue weighted by molar-refractivity contribution is 0.239. The van der Waals surface area contributed by atoms with Gasteiger partial charge in [-0.05, 0) is 63.5 Å². The van der Waals surface area contributed by atoms with Crippen molar-refractivity contribution in [2.24, 2.45) is 11.8 Å². The van der Waals surface area contributed by atoms with Crippen LogP contribution in [0.5, 0.6) is 0 Å². The zero-order valence-corrected chi connectivity index (χ0v) is 8.47. The Hall–Kier alpha value is -0.300. The first kappa shape index (κ1) is 9.26. The second kappa shape index (κ2) is 4.80. The summed E-state index contributed by atoms with van der Waals surface area (Å²) >= 11 is 0. The van der Waals surface area contributed by atoms with Gasteiger partial charge in [0.05, 0.1) is 0 Å². The molecule has 0 aromatic carbocycles. The summed E-state index contributed by atoms with van der Waals surface area (Å²) in [5, 5.41) is 3.45. The molecule has 0 aromatic rings. The number of piperidine rings is 1. The van der Waals surface area contributed by atoms with Crippen LogP contribution in [0.2, 0.25) is 0 Å². The maximum atomic E-state index is 3.45. The Labute approximate surface area is 81.6 Å². The molecule has 74 valence electrons. The molecule has 0 atom stereocenters. The van der Waals surface area contributed by atoms with Crippen molar-refractivity contribution in [2.75, 3.05) is 13.1 Å². The smallest absolute Gasteiger partial charge is 0.00462 e. The van der Waals surface area contributed by atoms with Gasteiger partial charge in [-0.25, -0.2) is 0 Å². The van der Waals surface area contributed by atoms with Crippen molar-refractivity contribution in [1.29, 1.82) is 0 Å². The van der Waals surface area contributed by atoms with Crippen LogP contribution in [0.1, 0.15) is 38.5 Å². The molecule has 0 bridgehead atoms. The van der Waals surface area contributed by atoms with Crippen LogP contribution < -0.4 is 5.32 Å². The van der Waals surface area contributed by atoms with E-state index in [1.54, 1.807) is 0 Å². The van der Waals surface area contributed by atoms with E-state index < -0.39 is 0 Å². The van der Waals surface area contributed by atoms with Gasteiger partial charge in [-0.15, -0.1) is 0 Å². The highest BCUT2D eigenvalue weighted by atomic mass is 14.9. The third kappa shape index (κ3) is 2.57. The highest BCUT2D eigenvalue weighted by Gasteiger charge is 2.22. The third-order valence-electron chi connectivity index (χ3n) is 3.63. The summed E-state index contributed by atoms with van der Waals surface area (Å²) in [6.45, 7) is 2.52. The fourth-order valence-corrected chi connectivity index (χ4v) is 2.79. The molecule has 0 spiro atoms. The summed E-state index contributed by atoms with van der Waals surface area (Å²) in [6, 6.07) is 0. The number of rotatable bonds is 1. The molecule has 1 heterocycles. The van der Waals surface area contributed by atoms with Crippen molar-refractivity contribution < 1.29 is 0 Å². The van der Waals surface area contributed by atoms with Crippen molar-refractivity contribution in [3.63, 3.8) is 0 Å². The molecule has 0 amide bonds. The van der Waals surface area contributed by atoms with E-state index in [4.69, 9.17) is 0 Å². The first-order chi connectivity index (χ1) is 6.47. The van der Waals surface area contributed by atoms with E-state index in [2.05, 4.69) is 17.5 Å². The molecule has 1 nitrogen and oxygen atoms in total. The Morgan fingerprint density at radius 3 is 1.92 bits per heavy atom. The van der Waals surface area contributed by atoms with Crippen LogP contribution in [0.25, 0.3) is 0 Å². The number of nitrogens with one attached hydrogen (secondary N) is 1. The van der Waals surface area contributed by atoms with E-state index in [1.165, 1.54) is 51.6 Å². The van der Waals surface area contributed by atoms with Crippen molar-refractivity contribution in [1.82, 2.24) is 5.32 Å². The first-order valence-corrected chi connectivity index (χ1v) is 5.82. The molecule has 0 unspecified atom stereocenters. The van der Waals surface area contributed by atoms with Crippen LogP contribution in [-0.2, 0) is 0 Å². The average Bonchev–Trinajstić information content (AvgIpc) is 2.47. The topological polar surface area (TPSA) is 12.0 Å². The van der Waals surface area contributed by atoms with Crippen LogP contribution in [0.15, 0.2) is 12.2 Å². The molecule has 1 heteroatoms. The summed E-state index contributed by atoms with van der Waals surface area (Å²) < 4.78 is 0. The molecule has 1 fully saturated rings.